The standard InChI is InChI=1S/C22H22N4O2S/c1-17-11-14-19(15-12-17)29(27,28)24-22(16-13-18-7-3-2-4-8-18)26-21-10-6-5-9-20(21)23-25-26/h2-12,14-15,22,24H,13,16H2,1H3. The maximum absolute atomic E-state index is 13.0. The third kappa shape index (κ3) is 4.36. The molecule has 148 valence electrons. The van der Waals surface area contributed by atoms with Crippen LogP contribution in [0.3, 0.4) is 0 Å². The Bertz CT molecular complexity index is 1200. The number of nitrogens with zero attached hydrogens (tertiary/aromatic N) is 3. The number of sulfonamides is 1. The van der Waals surface area contributed by atoms with E-state index < -0.39 is 16.2 Å². The molecule has 0 radical (unpaired) electrons. The number of fused-ring (bicyclic) bond motifs is 1. The van der Waals surface area contributed by atoms with Crippen molar-refractivity contribution in [3.05, 3.63) is 90.0 Å². The van der Waals surface area contributed by atoms with Crippen LogP contribution >= 0.6 is 0 Å². The van der Waals surface area contributed by atoms with Gasteiger partial charge in [0.15, 0.2) is 0 Å². The van der Waals surface area contributed by atoms with E-state index in [-0.39, 0.29) is 4.90 Å². The summed E-state index contributed by atoms with van der Waals surface area (Å²) in [6.07, 6.45) is 0.687. The molecule has 1 heterocycles. The highest BCUT2D eigenvalue weighted by Crippen LogP contribution is 2.21. The van der Waals surface area contributed by atoms with Gasteiger partial charge in [-0.3, -0.25) is 0 Å². The van der Waals surface area contributed by atoms with Gasteiger partial charge in [0.1, 0.15) is 11.7 Å². The van der Waals surface area contributed by atoms with Gasteiger partial charge in [-0.05, 0) is 49.6 Å². The molecule has 29 heavy (non-hydrogen) atoms. The molecule has 0 aliphatic heterocycles. The third-order valence-corrected chi connectivity index (χ3v) is 6.32. The van der Waals surface area contributed by atoms with Crippen molar-refractivity contribution in [1.82, 2.24) is 19.7 Å². The maximum Gasteiger partial charge on any atom is 0.242 e. The number of para-hydroxylation sites is 1. The number of hydrogen-bond acceptors (Lipinski definition) is 4. The molecule has 0 aliphatic carbocycles. The maximum atomic E-state index is 13.0. The Hall–Kier alpha value is -3.03. The van der Waals surface area contributed by atoms with E-state index in [0.717, 1.165) is 22.2 Å². The summed E-state index contributed by atoms with van der Waals surface area (Å²) in [4.78, 5) is 0.234. The second kappa shape index (κ2) is 8.14. The summed E-state index contributed by atoms with van der Waals surface area (Å²) in [5.74, 6) is 0. The summed E-state index contributed by atoms with van der Waals surface area (Å²) in [6, 6.07) is 24.3. The van der Waals surface area contributed by atoms with Crippen molar-refractivity contribution < 1.29 is 8.42 Å². The van der Waals surface area contributed by atoms with Crippen molar-refractivity contribution in [3.8, 4) is 0 Å². The molecule has 0 saturated heterocycles. The van der Waals surface area contributed by atoms with Crippen molar-refractivity contribution in [1.29, 1.82) is 0 Å². The quantitative estimate of drug-likeness (QED) is 0.506. The minimum Gasteiger partial charge on any atom is -0.226 e. The van der Waals surface area contributed by atoms with Crippen LogP contribution in [0.2, 0.25) is 0 Å². The monoisotopic (exact) mass is 406 g/mol. The highest BCUT2D eigenvalue weighted by Gasteiger charge is 2.23. The zero-order valence-corrected chi connectivity index (χ0v) is 16.9. The number of rotatable bonds is 7. The average Bonchev–Trinajstić information content (AvgIpc) is 3.16. The molecule has 0 amide bonds. The van der Waals surface area contributed by atoms with Crippen LogP contribution in [0.1, 0.15) is 23.7 Å². The molecule has 4 rings (SSSR count). The highest BCUT2D eigenvalue weighted by atomic mass is 32.2. The predicted octanol–water partition coefficient (Wildman–Crippen LogP) is 3.85. The van der Waals surface area contributed by atoms with Gasteiger partial charge in [0.2, 0.25) is 10.0 Å². The summed E-state index contributed by atoms with van der Waals surface area (Å²) < 4.78 is 30.5. The zero-order valence-electron chi connectivity index (χ0n) is 16.1. The molecule has 1 aromatic heterocycles. The Morgan fingerprint density at radius 1 is 0.931 bits per heavy atom. The largest absolute Gasteiger partial charge is 0.242 e. The highest BCUT2D eigenvalue weighted by molar-refractivity contribution is 7.89. The summed E-state index contributed by atoms with van der Waals surface area (Å²) in [6.45, 7) is 1.92. The minimum absolute atomic E-state index is 0.234. The molecule has 0 spiro atoms. The molecule has 6 nitrogen and oxygen atoms in total. The van der Waals surface area contributed by atoms with E-state index in [1.54, 1.807) is 28.9 Å². The van der Waals surface area contributed by atoms with E-state index in [1.807, 2.05) is 61.5 Å². The number of aromatic nitrogens is 3. The Morgan fingerprint density at radius 3 is 2.38 bits per heavy atom. The van der Waals surface area contributed by atoms with Gasteiger partial charge >= 0.3 is 0 Å². The van der Waals surface area contributed by atoms with E-state index in [9.17, 15) is 8.42 Å². The van der Waals surface area contributed by atoms with Gasteiger partial charge in [0, 0.05) is 0 Å². The number of hydrogen-bond donors (Lipinski definition) is 1. The van der Waals surface area contributed by atoms with Crippen LogP contribution in [0, 0.1) is 6.92 Å². The molecular weight excluding hydrogens is 384 g/mol. The summed E-state index contributed by atoms with van der Waals surface area (Å²) in [5.41, 5.74) is 3.66. The normalized spacial score (nSPS) is 12.9. The van der Waals surface area contributed by atoms with Gasteiger partial charge in [-0.2, -0.15) is 4.72 Å². The molecular formula is C22H22N4O2S. The van der Waals surface area contributed by atoms with E-state index in [0.29, 0.717) is 12.8 Å². The second-order valence-electron chi connectivity index (χ2n) is 7.00. The van der Waals surface area contributed by atoms with Crippen LogP contribution in [-0.2, 0) is 16.4 Å². The first-order chi connectivity index (χ1) is 14.0. The first-order valence-electron chi connectivity index (χ1n) is 9.46. The van der Waals surface area contributed by atoms with E-state index in [4.69, 9.17) is 0 Å². The average molecular weight is 407 g/mol. The van der Waals surface area contributed by atoms with E-state index in [2.05, 4.69) is 15.0 Å². The lowest BCUT2D eigenvalue weighted by molar-refractivity contribution is 0.399. The molecule has 7 heteroatoms. The summed E-state index contributed by atoms with van der Waals surface area (Å²) >= 11 is 0. The Labute approximate surface area is 170 Å². The third-order valence-electron chi connectivity index (χ3n) is 4.84. The van der Waals surface area contributed by atoms with Crippen LogP contribution in [0.5, 0.6) is 0 Å². The number of benzene rings is 3. The van der Waals surface area contributed by atoms with Crippen molar-refractivity contribution in [2.75, 3.05) is 0 Å². The fourth-order valence-electron chi connectivity index (χ4n) is 3.26. The molecule has 0 aliphatic rings. The topological polar surface area (TPSA) is 76.9 Å². The predicted molar refractivity (Wildman–Crippen MR) is 113 cm³/mol. The van der Waals surface area contributed by atoms with Crippen molar-refractivity contribution >= 4 is 21.1 Å². The number of aryl methyl sites for hydroxylation is 2. The lowest BCUT2D eigenvalue weighted by Crippen LogP contribution is -2.33. The van der Waals surface area contributed by atoms with Crippen LogP contribution in [0.15, 0.2) is 83.8 Å². The van der Waals surface area contributed by atoms with Gasteiger partial charge in [-0.15, -0.1) is 5.10 Å². The first kappa shape index (κ1) is 19.3. The van der Waals surface area contributed by atoms with Crippen molar-refractivity contribution in [2.45, 2.75) is 30.8 Å². The van der Waals surface area contributed by atoms with Crippen LogP contribution < -0.4 is 4.72 Å². The Kier molecular flexibility index (Phi) is 5.42. The number of nitrogens with one attached hydrogen (secondary N) is 1. The fourth-order valence-corrected chi connectivity index (χ4v) is 4.47. The van der Waals surface area contributed by atoms with Gasteiger partial charge in [-0.1, -0.05) is 65.4 Å². The van der Waals surface area contributed by atoms with Gasteiger partial charge in [0.25, 0.3) is 0 Å². The summed E-state index contributed by atoms with van der Waals surface area (Å²) in [5, 5.41) is 8.43. The first-order valence-corrected chi connectivity index (χ1v) is 10.9. The van der Waals surface area contributed by atoms with Gasteiger partial charge in [0.05, 0.1) is 10.4 Å². The SMILES string of the molecule is Cc1ccc(S(=O)(=O)NC(CCc2ccccc2)n2nnc3ccccc32)cc1. The molecule has 1 atom stereocenters. The lowest BCUT2D eigenvalue weighted by atomic mass is 10.1. The van der Waals surface area contributed by atoms with Gasteiger partial charge < -0.3 is 0 Å². The zero-order chi connectivity index (χ0) is 20.3. The van der Waals surface area contributed by atoms with Crippen LogP contribution in [0.4, 0.5) is 0 Å². The second-order valence-corrected chi connectivity index (χ2v) is 8.71. The van der Waals surface area contributed by atoms with E-state index in [1.165, 1.54) is 0 Å². The van der Waals surface area contributed by atoms with Crippen molar-refractivity contribution in [3.63, 3.8) is 0 Å². The Morgan fingerprint density at radius 2 is 1.62 bits per heavy atom. The molecule has 0 saturated carbocycles. The molecule has 3 aromatic carbocycles. The van der Waals surface area contributed by atoms with Crippen LogP contribution in [-0.4, -0.2) is 23.4 Å². The van der Waals surface area contributed by atoms with Gasteiger partial charge in [-0.25, -0.2) is 13.1 Å². The minimum atomic E-state index is -3.71. The fraction of sp³-hybridized carbons (Fsp3) is 0.182. The Balaban J connectivity index is 1.67. The smallest absolute Gasteiger partial charge is 0.226 e. The molecule has 0 bridgehead atoms. The van der Waals surface area contributed by atoms with E-state index >= 15 is 0 Å². The summed E-state index contributed by atoms with van der Waals surface area (Å²) in [7, 11) is -3.71. The van der Waals surface area contributed by atoms with Crippen LogP contribution in [0.25, 0.3) is 11.0 Å². The lowest BCUT2D eigenvalue weighted by Gasteiger charge is -2.20. The molecule has 4 aromatic rings. The molecule has 1 N–H and O–H groups in total. The van der Waals surface area contributed by atoms with Crippen molar-refractivity contribution in [2.24, 2.45) is 0 Å². The molecule has 1 unspecified atom stereocenters. The molecule has 0 fully saturated rings.